The highest BCUT2D eigenvalue weighted by atomic mass is 35.5. The third kappa shape index (κ3) is 6.02. The first-order valence-corrected chi connectivity index (χ1v) is 12.9. The van der Waals surface area contributed by atoms with Gasteiger partial charge in [-0.25, -0.2) is 19.6 Å². The predicted octanol–water partition coefficient (Wildman–Crippen LogP) is 5.04. The van der Waals surface area contributed by atoms with Gasteiger partial charge < -0.3 is 29.7 Å². The van der Waals surface area contributed by atoms with E-state index in [-0.39, 0.29) is 15.7 Å². The zero-order valence-electron chi connectivity index (χ0n) is 22.4. The van der Waals surface area contributed by atoms with Gasteiger partial charge in [-0.3, -0.25) is 9.80 Å². The van der Waals surface area contributed by atoms with Gasteiger partial charge in [-0.2, -0.15) is 0 Å². The Labute approximate surface area is 241 Å². The lowest BCUT2D eigenvalue weighted by molar-refractivity contribution is 0.142. The number of ether oxygens (including phenoxy) is 2. The largest absolute Gasteiger partial charge is 0.495 e. The number of urea groups is 1. The minimum absolute atomic E-state index is 0.162. The Hall–Kier alpha value is -4.16. The van der Waals surface area contributed by atoms with Gasteiger partial charge in [0.05, 0.1) is 19.9 Å². The Morgan fingerprint density at radius 2 is 1.52 bits per heavy atom. The van der Waals surface area contributed by atoms with Crippen LogP contribution in [0.25, 0.3) is 0 Å². The van der Waals surface area contributed by atoms with Gasteiger partial charge in [0.15, 0.2) is 0 Å². The van der Waals surface area contributed by atoms with Crippen LogP contribution in [0.2, 0.25) is 10.0 Å². The van der Waals surface area contributed by atoms with E-state index in [1.165, 1.54) is 42.3 Å². The summed E-state index contributed by atoms with van der Waals surface area (Å²) in [7, 11) is 6.02. The number of carbonyl (C=O) groups is 2. The topological polar surface area (TPSA) is 124 Å². The molecule has 0 radical (unpaired) electrons. The van der Waals surface area contributed by atoms with Crippen molar-refractivity contribution in [2.24, 2.45) is 0 Å². The van der Waals surface area contributed by atoms with E-state index in [0.29, 0.717) is 49.3 Å². The molecule has 1 aliphatic rings. The molecule has 2 aromatic carbocycles. The third-order valence-corrected chi connectivity index (χ3v) is 7.24. The van der Waals surface area contributed by atoms with Crippen LogP contribution >= 0.6 is 23.2 Å². The number of nitrogens with zero attached hydrogens (tertiary/aromatic N) is 6. The summed E-state index contributed by atoms with van der Waals surface area (Å²) in [6.07, 6.45) is 0.460. The van der Waals surface area contributed by atoms with Crippen molar-refractivity contribution >= 4 is 64.0 Å². The summed E-state index contributed by atoms with van der Waals surface area (Å²) in [5, 5.41) is 12.7. The Kier molecular flexibility index (Phi) is 8.90. The summed E-state index contributed by atoms with van der Waals surface area (Å²) in [5.74, 6) is 1.43. The third-order valence-electron chi connectivity index (χ3n) is 6.51. The molecule has 3 amide bonds. The van der Waals surface area contributed by atoms with E-state index in [1.54, 1.807) is 19.2 Å². The van der Waals surface area contributed by atoms with Crippen LogP contribution in [0.5, 0.6) is 11.5 Å². The van der Waals surface area contributed by atoms with Crippen LogP contribution in [0.1, 0.15) is 0 Å². The zero-order chi connectivity index (χ0) is 29.0. The molecule has 1 aliphatic heterocycles. The van der Waals surface area contributed by atoms with E-state index < -0.39 is 12.1 Å². The smallest absolute Gasteiger partial charge is 0.407 e. The van der Waals surface area contributed by atoms with E-state index in [9.17, 15) is 9.59 Å². The van der Waals surface area contributed by atoms with Crippen molar-refractivity contribution in [3.05, 3.63) is 52.8 Å². The first-order valence-electron chi connectivity index (χ1n) is 12.2. The second-order valence-corrected chi connectivity index (χ2v) is 9.60. The molecule has 0 saturated carbocycles. The fourth-order valence-electron chi connectivity index (χ4n) is 4.24. The molecule has 14 heteroatoms. The molecule has 3 aromatic rings. The van der Waals surface area contributed by atoms with Crippen molar-refractivity contribution in [1.29, 1.82) is 0 Å². The minimum atomic E-state index is -0.893. The fraction of sp³-hybridized carbons (Fsp3) is 0.308. The van der Waals surface area contributed by atoms with Gasteiger partial charge in [0.1, 0.15) is 39.5 Å². The maximum Gasteiger partial charge on any atom is 0.407 e. The van der Waals surface area contributed by atoms with Crippen molar-refractivity contribution < 1.29 is 24.2 Å². The van der Waals surface area contributed by atoms with Crippen LogP contribution in [0.4, 0.5) is 38.3 Å². The number of rotatable bonds is 7. The van der Waals surface area contributed by atoms with E-state index in [1.807, 2.05) is 24.3 Å². The van der Waals surface area contributed by atoms with Gasteiger partial charge in [-0.1, -0.05) is 23.2 Å². The maximum absolute atomic E-state index is 13.4. The van der Waals surface area contributed by atoms with Crippen LogP contribution in [-0.4, -0.2) is 86.6 Å². The lowest BCUT2D eigenvalue weighted by Crippen LogP contribution is -2.48. The second-order valence-electron chi connectivity index (χ2n) is 8.85. The predicted molar refractivity (Wildman–Crippen MR) is 155 cm³/mol. The van der Waals surface area contributed by atoms with Crippen molar-refractivity contribution in [3.8, 4) is 11.5 Å². The average Bonchev–Trinajstić information content (AvgIpc) is 2.97. The number of anilines is 5. The number of carboxylic acid groups (broad SMARTS) is 1. The summed E-state index contributed by atoms with van der Waals surface area (Å²) in [5.41, 5.74) is 2.01. The molecule has 212 valence electrons. The normalized spacial score (nSPS) is 13.1. The second kappa shape index (κ2) is 12.3. The highest BCUT2D eigenvalue weighted by molar-refractivity contribution is 6.42. The molecule has 0 spiro atoms. The quantitative estimate of drug-likeness (QED) is 0.390. The van der Waals surface area contributed by atoms with Crippen molar-refractivity contribution in [2.45, 2.75) is 0 Å². The van der Waals surface area contributed by atoms with E-state index in [2.05, 4.69) is 20.2 Å². The van der Waals surface area contributed by atoms with Gasteiger partial charge in [0.25, 0.3) is 0 Å². The van der Waals surface area contributed by atoms with Gasteiger partial charge in [-0.05, 0) is 24.3 Å². The number of nitrogens with one attached hydrogen (secondary N) is 1. The number of halogens is 2. The zero-order valence-corrected chi connectivity index (χ0v) is 23.9. The van der Waals surface area contributed by atoms with E-state index in [0.717, 1.165) is 11.4 Å². The summed E-state index contributed by atoms with van der Waals surface area (Å²) in [4.78, 5) is 39.2. The molecule has 0 atom stereocenters. The molecule has 0 aliphatic carbocycles. The first-order chi connectivity index (χ1) is 19.1. The molecule has 2 N–H and O–H groups in total. The molecule has 1 saturated heterocycles. The number of hydrogen-bond acceptors (Lipinski definition) is 8. The van der Waals surface area contributed by atoms with E-state index in [4.69, 9.17) is 37.8 Å². The number of benzene rings is 2. The molecule has 12 nitrogen and oxygen atoms in total. The summed E-state index contributed by atoms with van der Waals surface area (Å²) in [6.45, 7) is 2.18. The van der Waals surface area contributed by atoms with Crippen molar-refractivity contribution in [2.75, 3.05) is 74.5 Å². The van der Waals surface area contributed by atoms with Gasteiger partial charge >= 0.3 is 12.1 Å². The van der Waals surface area contributed by atoms with Crippen LogP contribution < -0.4 is 29.5 Å². The lowest BCUT2D eigenvalue weighted by Gasteiger charge is -2.34. The van der Waals surface area contributed by atoms with Gasteiger partial charge in [0.2, 0.25) is 0 Å². The molecule has 2 heterocycles. The van der Waals surface area contributed by atoms with E-state index >= 15 is 0 Å². The molecule has 4 rings (SSSR count). The number of methoxy groups -OCH3 is 2. The fourth-order valence-corrected chi connectivity index (χ4v) is 5.00. The van der Waals surface area contributed by atoms with Gasteiger partial charge in [0, 0.05) is 63.8 Å². The highest BCUT2D eigenvalue weighted by Crippen LogP contribution is 2.46. The SMILES string of the molecule is COc1cc(OC)c(Cl)c(N(C)C(=O)N(C)c2cc(Nc3ccc(N4CCN(C(=O)O)CC4)cc3)ncn2)c1Cl. The molecule has 40 heavy (non-hydrogen) atoms. The number of carbonyl (C=O) groups excluding carboxylic acids is 1. The van der Waals surface area contributed by atoms with Crippen LogP contribution in [-0.2, 0) is 0 Å². The van der Waals surface area contributed by atoms with Crippen LogP contribution in [0.15, 0.2) is 42.7 Å². The molecule has 1 aromatic heterocycles. The number of aromatic nitrogens is 2. The molecule has 0 bridgehead atoms. The highest BCUT2D eigenvalue weighted by Gasteiger charge is 2.27. The standard InChI is InChI=1S/C26H29Cl2N7O5/c1-32(25(36)33(2)24-22(27)18(39-3)13-19(40-4)23(24)28)21-14-20(29-15-30-21)31-16-5-7-17(8-6-16)34-9-11-35(12-10-34)26(37)38/h5-8,13-15H,9-12H2,1-4H3,(H,37,38)(H,29,30,31). The Morgan fingerprint density at radius 3 is 2.08 bits per heavy atom. The van der Waals surface area contributed by atoms with Gasteiger partial charge in [-0.15, -0.1) is 0 Å². The Morgan fingerprint density at radius 1 is 0.925 bits per heavy atom. The Balaban J connectivity index is 1.46. The van der Waals surface area contributed by atoms with Crippen LogP contribution in [0, 0.1) is 0 Å². The van der Waals surface area contributed by atoms with Crippen LogP contribution in [0.3, 0.4) is 0 Å². The number of hydrogen-bond donors (Lipinski definition) is 2. The van der Waals surface area contributed by atoms with Crippen molar-refractivity contribution in [1.82, 2.24) is 14.9 Å². The summed E-state index contributed by atoms with van der Waals surface area (Å²) >= 11 is 13.0. The average molecular weight is 590 g/mol. The molecular formula is C26H29Cl2N7O5. The monoisotopic (exact) mass is 589 g/mol. The first kappa shape index (κ1) is 28.8. The molecule has 1 fully saturated rings. The number of amides is 3. The minimum Gasteiger partial charge on any atom is -0.495 e. The maximum atomic E-state index is 13.4. The summed E-state index contributed by atoms with van der Waals surface area (Å²) < 4.78 is 10.6. The summed E-state index contributed by atoms with van der Waals surface area (Å²) in [6, 6.07) is 10.5. The molecule has 0 unspecified atom stereocenters. The molecular weight excluding hydrogens is 561 g/mol. The lowest BCUT2D eigenvalue weighted by atomic mass is 10.2. The Bertz CT molecular complexity index is 1360. The number of piperazine rings is 1. The van der Waals surface area contributed by atoms with Crippen molar-refractivity contribution in [3.63, 3.8) is 0 Å².